The molecule has 0 spiro atoms. The molecule has 2 aromatic carbocycles. The molecule has 4 nitrogen and oxygen atoms in total. The van der Waals surface area contributed by atoms with Gasteiger partial charge in [-0.05, 0) is 55.3 Å². The molecule has 2 aromatic rings. The Bertz CT molecular complexity index is 638. The van der Waals surface area contributed by atoms with E-state index in [2.05, 4.69) is 5.32 Å². The van der Waals surface area contributed by atoms with E-state index >= 15 is 0 Å². The number of benzene rings is 2. The van der Waals surface area contributed by atoms with E-state index in [1.54, 1.807) is 13.2 Å². The number of ether oxygens (including phenoxy) is 1. The van der Waals surface area contributed by atoms with Gasteiger partial charge in [0.05, 0.1) is 12.8 Å². The molecule has 0 bridgehead atoms. The van der Waals surface area contributed by atoms with Crippen molar-refractivity contribution < 1.29 is 9.53 Å². The largest absolute Gasteiger partial charge is 0.495 e. The topological polar surface area (TPSA) is 64.3 Å². The molecular formula is C17H20N2O2. The second-order valence-electron chi connectivity index (χ2n) is 4.90. The first-order chi connectivity index (χ1) is 10.1. The van der Waals surface area contributed by atoms with Gasteiger partial charge in [-0.25, -0.2) is 0 Å². The lowest BCUT2D eigenvalue weighted by Crippen LogP contribution is -2.13. The predicted octanol–water partition coefficient (Wildman–Crippen LogP) is 2.76. The molecule has 0 saturated carbocycles. The van der Waals surface area contributed by atoms with Gasteiger partial charge in [-0.15, -0.1) is 0 Å². The average molecular weight is 284 g/mol. The fraction of sp³-hybridized carbons (Fsp3) is 0.235. The van der Waals surface area contributed by atoms with E-state index in [0.717, 1.165) is 17.5 Å². The van der Waals surface area contributed by atoms with Crippen LogP contribution in [0.1, 0.15) is 21.5 Å². The third-order valence-electron chi connectivity index (χ3n) is 3.23. The van der Waals surface area contributed by atoms with E-state index in [1.165, 1.54) is 0 Å². The van der Waals surface area contributed by atoms with Crippen LogP contribution in [0.15, 0.2) is 42.5 Å². The summed E-state index contributed by atoms with van der Waals surface area (Å²) in [5.41, 5.74) is 8.95. The van der Waals surface area contributed by atoms with Gasteiger partial charge in [-0.3, -0.25) is 4.79 Å². The predicted molar refractivity (Wildman–Crippen MR) is 84.9 cm³/mol. The molecule has 0 heterocycles. The number of anilines is 1. The Morgan fingerprint density at radius 1 is 1.24 bits per heavy atom. The minimum absolute atomic E-state index is 0.155. The number of carbonyl (C=O) groups excluding carboxylic acids is 1. The molecule has 2 rings (SSSR count). The number of methoxy groups -OCH3 is 1. The summed E-state index contributed by atoms with van der Waals surface area (Å²) in [5.74, 6) is 0.491. The Hall–Kier alpha value is -2.33. The van der Waals surface area contributed by atoms with E-state index < -0.39 is 0 Å². The Balaban J connectivity index is 2.21. The molecule has 0 radical (unpaired) electrons. The average Bonchev–Trinajstić information content (AvgIpc) is 2.48. The lowest BCUT2D eigenvalue weighted by molar-refractivity contribution is 0.102. The second kappa shape index (κ2) is 6.90. The Morgan fingerprint density at radius 3 is 2.76 bits per heavy atom. The lowest BCUT2D eigenvalue weighted by Gasteiger charge is -2.11. The van der Waals surface area contributed by atoms with Crippen molar-refractivity contribution in [2.75, 3.05) is 19.0 Å². The number of hydrogen-bond acceptors (Lipinski definition) is 3. The van der Waals surface area contributed by atoms with Crippen molar-refractivity contribution in [3.63, 3.8) is 0 Å². The zero-order valence-electron chi connectivity index (χ0n) is 12.3. The number of aryl methyl sites for hydroxylation is 1. The van der Waals surface area contributed by atoms with Crippen LogP contribution >= 0.6 is 0 Å². The van der Waals surface area contributed by atoms with Crippen molar-refractivity contribution in [3.05, 3.63) is 59.2 Å². The Kier molecular flexibility index (Phi) is 4.95. The highest BCUT2D eigenvalue weighted by Crippen LogP contribution is 2.25. The highest BCUT2D eigenvalue weighted by molar-refractivity contribution is 6.05. The van der Waals surface area contributed by atoms with E-state index in [1.807, 2.05) is 43.3 Å². The minimum Gasteiger partial charge on any atom is -0.495 e. The summed E-state index contributed by atoms with van der Waals surface area (Å²) in [7, 11) is 1.59. The summed E-state index contributed by atoms with van der Waals surface area (Å²) in [6, 6.07) is 13.2. The van der Waals surface area contributed by atoms with Crippen LogP contribution < -0.4 is 15.8 Å². The fourth-order valence-electron chi connectivity index (χ4n) is 2.15. The zero-order chi connectivity index (χ0) is 15.2. The lowest BCUT2D eigenvalue weighted by atomic mass is 10.1. The highest BCUT2D eigenvalue weighted by Gasteiger charge is 2.10. The van der Waals surface area contributed by atoms with Gasteiger partial charge in [0, 0.05) is 5.56 Å². The molecular weight excluding hydrogens is 264 g/mol. The maximum Gasteiger partial charge on any atom is 0.255 e. The van der Waals surface area contributed by atoms with Crippen molar-refractivity contribution in [3.8, 4) is 5.75 Å². The molecule has 0 atom stereocenters. The smallest absolute Gasteiger partial charge is 0.255 e. The van der Waals surface area contributed by atoms with Crippen LogP contribution in [0.2, 0.25) is 0 Å². The van der Waals surface area contributed by atoms with E-state index in [-0.39, 0.29) is 5.91 Å². The van der Waals surface area contributed by atoms with Crippen molar-refractivity contribution in [1.29, 1.82) is 0 Å². The van der Waals surface area contributed by atoms with Gasteiger partial charge in [-0.2, -0.15) is 0 Å². The quantitative estimate of drug-likeness (QED) is 0.887. The summed E-state index contributed by atoms with van der Waals surface area (Å²) in [6.07, 6.45) is 0.759. The van der Waals surface area contributed by atoms with Gasteiger partial charge >= 0.3 is 0 Å². The number of carbonyl (C=O) groups is 1. The molecule has 0 aliphatic carbocycles. The molecule has 0 fully saturated rings. The van der Waals surface area contributed by atoms with Gasteiger partial charge in [-0.1, -0.05) is 18.2 Å². The number of nitrogens with two attached hydrogens (primary N) is 1. The molecule has 1 amide bonds. The molecule has 4 heteroatoms. The molecule has 0 saturated heterocycles. The van der Waals surface area contributed by atoms with Crippen LogP contribution in [0, 0.1) is 6.92 Å². The molecule has 110 valence electrons. The van der Waals surface area contributed by atoms with Gasteiger partial charge in [0.25, 0.3) is 5.91 Å². The van der Waals surface area contributed by atoms with Gasteiger partial charge < -0.3 is 15.8 Å². The van der Waals surface area contributed by atoms with Gasteiger partial charge in [0.2, 0.25) is 0 Å². The van der Waals surface area contributed by atoms with Gasteiger partial charge in [0.15, 0.2) is 0 Å². The summed E-state index contributed by atoms with van der Waals surface area (Å²) in [5, 5.41) is 2.89. The first kappa shape index (κ1) is 15.1. The molecule has 0 aliphatic heterocycles. The first-order valence-electron chi connectivity index (χ1n) is 6.89. The SMILES string of the molecule is COc1ccc(C)cc1NC(=O)c1cccc(CCN)c1. The van der Waals surface area contributed by atoms with Crippen molar-refractivity contribution in [2.45, 2.75) is 13.3 Å². The Labute approximate surface area is 124 Å². The van der Waals surface area contributed by atoms with E-state index in [0.29, 0.717) is 23.5 Å². The maximum atomic E-state index is 12.4. The summed E-state index contributed by atoms with van der Waals surface area (Å²) < 4.78 is 5.27. The second-order valence-corrected chi connectivity index (χ2v) is 4.90. The van der Waals surface area contributed by atoms with Crippen LogP contribution in [0.4, 0.5) is 5.69 Å². The highest BCUT2D eigenvalue weighted by atomic mass is 16.5. The van der Waals surface area contributed by atoms with Gasteiger partial charge in [0.1, 0.15) is 5.75 Å². The number of nitrogens with one attached hydrogen (secondary N) is 1. The monoisotopic (exact) mass is 284 g/mol. The number of hydrogen-bond donors (Lipinski definition) is 2. The molecule has 3 N–H and O–H groups in total. The van der Waals surface area contributed by atoms with Crippen LogP contribution in [0.5, 0.6) is 5.75 Å². The van der Waals surface area contributed by atoms with Crippen molar-refractivity contribution in [2.24, 2.45) is 5.73 Å². The molecule has 0 aliphatic rings. The van der Waals surface area contributed by atoms with Crippen LogP contribution in [0.25, 0.3) is 0 Å². The number of amides is 1. The summed E-state index contributed by atoms with van der Waals surface area (Å²) in [4.78, 5) is 12.4. The maximum absolute atomic E-state index is 12.4. The molecule has 0 unspecified atom stereocenters. The number of rotatable bonds is 5. The third kappa shape index (κ3) is 3.83. The van der Waals surface area contributed by atoms with E-state index in [9.17, 15) is 4.79 Å². The Morgan fingerprint density at radius 2 is 2.05 bits per heavy atom. The summed E-state index contributed by atoms with van der Waals surface area (Å²) in [6.45, 7) is 2.54. The fourth-order valence-corrected chi connectivity index (χ4v) is 2.15. The third-order valence-corrected chi connectivity index (χ3v) is 3.23. The van der Waals surface area contributed by atoms with Crippen molar-refractivity contribution in [1.82, 2.24) is 0 Å². The van der Waals surface area contributed by atoms with Crippen molar-refractivity contribution >= 4 is 11.6 Å². The molecule has 21 heavy (non-hydrogen) atoms. The van der Waals surface area contributed by atoms with Crippen LogP contribution in [-0.2, 0) is 6.42 Å². The normalized spacial score (nSPS) is 10.2. The van der Waals surface area contributed by atoms with Crippen LogP contribution in [-0.4, -0.2) is 19.6 Å². The summed E-state index contributed by atoms with van der Waals surface area (Å²) >= 11 is 0. The zero-order valence-corrected chi connectivity index (χ0v) is 12.3. The van der Waals surface area contributed by atoms with E-state index in [4.69, 9.17) is 10.5 Å². The molecule has 0 aromatic heterocycles. The van der Waals surface area contributed by atoms with Crippen LogP contribution in [0.3, 0.4) is 0 Å². The standard InChI is InChI=1S/C17H20N2O2/c1-12-6-7-16(21-2)15(10-12)19-17(20)14-5-3-4-13(11-14)8-9-18/h3-7,10-11H,8-9,18H2,1-2H3,(H,19,20). The minimum atomic E-state index is -0.155. The first-order valence-corrected chi connectivity index (χ1v) is 6.89.